The Labute approximate surface area is 172 Å². The Balaban J connectivity index is 1.52. The summed E-state index contributed by atoms with van der Waals surface area (Å²) in [5, 5.41) is 4.28. The Kier molecular flexibility index (Phi) is 4.22. The summed E-state index contributed by atoms with van der Waals surface area (Å²) in [5.41, 5.74) is 5.99. The molecule has 30 heavy (non-hydrogen) atoms. The third kappa shape index (κ3) is 3.07. The van der Waals surface area contributed by atoms with Crippen LogP contribution in [0.2, 0.25) is 0 Å². The maximum Gasteiger partial charge on any atom is 0.246 e. The highest BCUT2D eigenvalue weighted by atomic mass is 19.1. The zero-order valence-corrected chi connectivity index (χ0v) is 16.6. The van der Waals surface area contributed by atoms with Crippen LogP contribution >= 0.6 is 0 Å². The number of hydrogen-bond acceptors (Lipinski definition) is 6. The molecular formula is C22H19FN6O. The fourth-order valence-electron chi connectivity index (χ4n) is 3.78. The first kappa shape index (κ1) is 18.3. The number of nitrogens with one attached hydrogen (secondary N) is 1. The summed E-state index contributed by atoms with van der Waals surface area (Å²) < 4.78 is 13.6. The third-order valence-corrected chi connectivity index (χ3v) is 5.48. The summed E-state index contributed by atoms with van der Waals surface area (Å²) in [7, 11) is 1.69. The maximum absolute atomic E-state index is 13.6. The smallest absolute Gasteiger partial charge is 0.246 e. The molecule has 3 heterocycles. The van der Waals surface area contributed by atoms with E-state index in [0.29, 0.717) is 17.5 Å². The summed E-state index contributed by atoms with van der Waals surface area (Å²) in [4.78, 5) is 29.2. The van der Waals surface area contributed by atoms with E-state index < -0.39 is 0 Å². The van der Waals surface area contributed by atoms with E-state index in [0.717, 1.165) is 22.2 Å². The van der Waals surface area contributed by atoms with Crippen molar-refractivity contribution in [3.63, 3.8) is 0 Å². The number of anilines is 4. The van der Waals surface area contributed by atoms with Crippen LogP contribution < -0.4 is 15.1 Å². The first-order valence-corrected chi connectivity index (χ1v) is 9.63. The number of rotatable bonds is 3. The van der Waals surface area contributed by atoms with E-state index in [1.54, 1.807) is 30.4 Å². The minimum absolute atomic E-state index is 0.0922. The van der Waals surface area contributed by atoms with Gasteiger partial charge >= 0.3 is 0 Å². The van der Waals surface area contributed by atoms with Crippen molar-refractivity contribution in [1.29, 1.82) is 0 Å². The second-order valence-corrected chi connectivity index (χ2v) is 7.46. The third-order valence-electron chi connectivity index (χ3n) is 5.48. The molecule has 0 spiro atoms. The Morgan fingerprint density at radius 3 is 2.97 bits per heavy atom. The Hall–Kier alpha value is -3.77. The van der Waals surface area contributed by atoms with Gasteiger partial charge in [0, 0.05) is 30.7 Å². The molecule has 1 amide bonds. The lowest BCUT2D eigenvalue weighted by Gasteiger charge is -2.37. The van der Waals surface area contributed by atoms with Crippen LogP contribution in [0.1, 0.15) is 12.0 Å². The molecule has 2 aliphatic rings. The Morgan fingerprint density at radius 2 is 2.17 bits per heavy atom. The number of nitrogens with zero attached hydrogens (tertiary/aromatic N) is 5. The molecule has 1 unspecified atom stereocenters. The molecule has 150 valence electrons. The molecule has 1 atom stereocenters. The van der Waals surface area contributed by atoms with Crippen molar-refractivity contribution in [3.05, 3.63) is 59.9 Å². The van der Waals surface area contributed by atoms with Gasteiger partial charge in [-0.05, 0) is 36.8 Å². The van der Waals surface area contributed by atoms with E-state index in [4.69, 9.17) is 0 Å². The minimum atomic E-state index is -0.319. The average Bonchev–Trinajstić information content (AvgIpc) is 3.17. The van der Waals surface area contributed by atoms with Crippen LogP contribution in [0.4, 0.5) is 27.5 Å². The number of carbonyl (C=O) groups excluding carboxylic acids is 1. The molecule has 3 aromatic rings. The van der Waals surface area contributed by atoms with Gasteiger partial charge in [0.2, 0.25) is 11.9 Å². The summed E-state index contributed by atoms with van der Waals surface area (Å²) in [6, 6.07) is 7.61. The van der Waals surface area contributed by atoms with Gasteiger partial charge < -0.3 is 15.1 Å². The molecule has 1 aliphatic heterocycles. The van der Waals surface area contributed by atoms with Crippen molar-refractivity contribution in [2.45, 2.75) is 19.4 Å². The highest BCUT2D eigenvalue weighted by molar-refractivity contribution is 6.02. The second-order valence-electron chi connectivity index (χ2n) is 7.46. The number of aromatic nitrogens is 3. The van der Waals surface area contributed by atoms with E-state index in [-0.39, 0.29) is 30.7 Å². The molecule has 1 aromatic carbocycles. The monoisotopic (exact) mass is 402 g/mol. The number of benzene rings is 1. The first-order valence-electron chi connectivity index (χ1n) is 9.63. The highest BCUT2D eigenvalue weighted by Crippen LogP contribution is 2.35. The van der Waals surface area contributed by atoms with Gasteiger partial charge in [0.15, 0.2) is 5.82 Å². The molecule has 8 heteroatoms. The molecule has 0 radical (unpaired) electrons. The first-order chi connectivity index (χ1) is 14.5. The predicted octanol–water partition coefficient (Wildman–Crippen LogP) is 3.64. The molecule has 1 aliphatic carbocycles. The van der Waals surface area contributed by atoms with Crippen molar-refractivity contribution in [3.8, 4) is 0 Å². The standard InChI is InChI=1S/C22H19FN6O/c1-13-8-18-14(4-3-7-24-18)9-17(13)26-22-25-11-19-21(27-22)29(12-20(30)28(19)2)16-6-5-15(23)10-16/h3-4,6-9,11,16H,10,12H2,1-2H3,(H,25,26,27). The fourth-order valence-corrected chi connectivity index (χ4v) is 3.78. The molecule has 0 fully saturated rings. The van der Waals surface area contributed by atoms with Crippen LogP contribution in [0.5, 0.6) is 0 Å². The van der Waals surface area contributed by atoms with Crippen LogP contribution in [0.15, 0.2) is 54.3 Å². The lowest BCUT2D eigenvalue weighted by molar-refractivity contribution is -0.117. The van der Waals surface area contributed by atoms with Crippen LogP contribution in [-0.4, -0.2) is 40.5 Å². The largest absolute Gasteiger partial charge is 0.338 e. The topological polar surface area (TPSA) is 74.2 Å². The Bertz CT molecular complexity index is 1250. The lowest BCUT2D eigenvalue weighted by Crippen LogP contribution is -2.48. The number of amides is 1. The maximum atomic E-state index is 13.6. The van der Waals surface area contributed by atoms with Gasteiger partial charge in [-0.25, -0.2) is 9.37 Å². The molecule has 2 aromatic heterocycles. The zero-order valence-electron chi connectivity index (χ0n) is 16.6. The number of fused-ring (bicyclic) bond motifs is 2. The van der Waals surface area contributed by atoms with Gasteiger partial charge in [0.05, 0.1) is 24.3 Å². The number of carbonyl (C=O) groups is 1. The summed E-state index contributed by atoms with van der Waals surface area (Å²) >= 11 is 0. The van der Waals surface area contributed by atoms with Crippen molar-refractivity contribution >= 4 is 40.0 Å². The van der Waals surface area contributed by atoms with Crippen molar-refractivity contribution in [2.75, 3.05) is 28.7 Å². The number of hydrogen-bond donors (Lipinski definition) is 1. The Morgan fingerprint density at radius 1 is 1.30 bits per heavy atom. The highest BCUT2D eigenvalue weighted by Gasteiger charge is 2.34. The van der Waals surface area contributed by atoms with Gasteiger partial charge in [-0.2, -0.15) is 4.98 Å². The molecule has 0 bridgehead atoms. The predicted molar refractivity (Wildman–Crippen MR) is 114 cm³/mol. The minimum Gasteiger partial charge on any atom is -0.338 e. The summed E-state index contributed by atoms with van der Waals surface area (Å²) in [6.07, 6.45) is 5.21. The zero-order chi connectivity index (χ0) is 20.8. The molecular weight excluding hydrogens is 383 g/mol. The van der Waals surface area contributed by atoms with E-state index in [1.165, 1.54) is 4.90 Å². The number of likely N-dealkylation sites (N-methyl/N-ethyl adjacent to an activating group) is 1. The molecule has 7 nitrogen and oxygen atoms in total. The number of halogens is 1. The van der Waals surface area contributed by atoms with Gasteiger partial charge in [0.1, 0.15) is 11.5 Å². The van der Waals surface area contributed by atoms with Gasteiger partial charge in [0.25, 0.3) is 0 Å². The second kappa shape index (κ2) is 6.93. The van der Waals surface area contributed by atoms with E-state index in [2.05, 4.69) is 26.0 Å². The van der Waals surface area contributed by atoms with Crippen LogP contribution in [-0.2, 0) is 4.79 Å². The normalized spacial score (nSPS) is 18.0. The van der Waals surface area contributed by atoms with Crippen molar-refractivity contribution < 1.29 is 9.18 Å². The summed E-state index contributed by atoms with van der Waals surface area (Å²) in [6.45, 7) is 2.11. The lowest BCUT2D eigenvalue weighted by atomic mass is 10.1. The van der Waals surface area contributed by atoms with Gasteiger partial charge in [-0.15, -0.1) is 0 Å². The molecule has 1 N–H and O–H groups in total. The fraction of sp³-hybridized carbons (Fsp3) is 0.227. The van der Waals surface area contributed by atoms with E-state index >= 15 is 0 Å². The molecule has 0 saturated carbocycles. The van der Waals surface area contributed by atoms with E-state index in [1.807, 2.05) is 31.2 Å². The van der Waals surface area contributed by atoms with Crippen LogP contribution in [0.25, 0.3) is 10.9 Å². The van der Waals surface area contributed by atoms with Gasteiger partial charge in [-0.1, -0.05) is 11.8 Å². The number of aryl methyl sites for hydroxylation is 1. The molecule has 0 saturated heterocycles. The van der Waals surface area contributed by atoms with E-state index in [9.17, 15) is 9.18 Å². The quantitative estimate of drug-likeness (QED) is 0.675. The average molecular weight is 402 g/mol. The molecule has 5 rings (SSSR count). The SMILES string of the molecule is Cc1cc2ncccc2cc1Nc1ncc2c(n1)N(C1C=C=C(F)C1)CC(=O)N2C. The number of pyridine rings is 1. The van der Waals surface area contributed by atoms with Gasteiger partial charge in [-0.3, -0.25) is 9.78 Å². The van der Waals surface area contributed by atoms with Crippen molar-refractivity contribution in [2.24, 2.45) is 0 Å². The van der Waals surface area contributed by atoms with Crippen molar-refractivity contribution in [1.82, 2.24) is 15.0 Å². The summed E-state index contributed by atoms with van der Waals surface area (Å²) in [5.74, 6) is 0.585. The van der Waals surface area contributed by atoms with Crippen LogP contribution in [0.3, 0.4) is 0 Å². The van der Waals surface area contributed by atoms with Crippen LogP contribution in [0, 0.1) is 6.92 Å².